The van der Waals surface area contributed by atoms with E-state index in [2.05, 4.69) is 36.6 Å². The Bertz CT molecular complexity index is 404. The van der Waals surface area contributed by atoms with Crippen molar-refractivity contribution >= 4 is 37.6 Å². The van der Waals surface area contributed by atoms with Crippen LogP contribution in [0.25, 0.3) is 0 Å². The van der Waals surface area contributed by atoms with Gasteiger partial charge in [-0.15, -0.1) is 13.2 Å². The molecule has 2 nitrogen and oxygen atoms in total. The van der Waals surface area contributed by atoms with Crippen molar-refractivity contribution in [3.63, 3.8) is 0 Å². The molecule has 0 heterocycles. The van der Waals surface area contributed by atoms with Crippen molar-refractivity contribution in [2.24, 2.45) is 0 Å². The van der Waals surface area contributed by atoms with Crippen LogP contribution in [-0.2, 0) is 0 Å². The fourth-order valence-electron chi connectivity index (χ4n) is 1.05. The highest BCUT2D eigenvalue weighted by molar-refractivity contribution is 9.10. The van der Waals surface area contributed by atoms with Crippen LogP contribution in [0.5, 0.6) is 5.75 Å². The van der Waals surface area contributed by atoms with E-state index in [1.165, 1.54) is 12.1 Å². The summed E-state index contributed by atoms with van der Waals surface area (Å²) in [7, 11) is 0. The lowest BCUT2D eigenvalue weighted by Crippen LogP contribution is -2.19. The quantitative estimate of drug-likeness (QED) is 0.602. The summed E-state index contributed by atoms with van der Waals surface area (Å²) in [5.74, 6) is -1.00. The van der Waals surface area contributed by atoms with Gasteiger partial charge in [-0.2, -0.15) is 0 Å². The third-order valence-electron chi connectivity index (χ3n) is 1.60. The van der Waals surface area contributed by atoms with Gasteiger partial charge in [-0.1, -0.05) is 22.0 Å². The van der Waals surface area contributed by atoms with Gasteiger partial charge in [0, 0.05) is 4.47 Å². The number of alkyl halides is 4. The fraction of sp³-hybridized carbons (Fsp3) is 0.222. The molecule has 7 heteroatoms. The fourth-order valence-corrected chi connectivity index (χ4v) is 1.90. The summed E-state index contributed by atoms with van der Waals surface area (Å²) in [6.45, 7) is 0. The summed E-state index contributed by atoms with van der Waals surface area (Å²) in [5, 5.41) is -0.0795. The Labute approximate surface area is 106 Å². The van der Waals surface area contributed by atoms with Crippen molar-refractivity contribution in [3.05, 3.63) is 28.2 Å². The van der Waals surface area contributed by atoms with E-state index < -0.39 is 17.9 Å². The molecule has 0 saturated heterocycles. The van der Waals surface area contributed by atoms with Crippen LogP contribution in [0.3, 0.4) is 0 Å². The van der Waals surface area contributed by atoms with E-state index in [0.29, 0.717) is 0 Å². The number of carbonyl (C=O) groups is 1. The summed E-state index contributed by atoms with van der Waals surface area (Å²) in [4.78, 5) is 11.4. The molecular formula is C9H5Br2F3O2. The van der Waals surface area contributed by atoms with Gasteiger partial charge in [-0.3, -0.25) is 4.79 Å². The Hall–Kier alpha value is -0.560. The molecule has 0 saturated carbocycles. The number of carbonyl (C=O) groups excluding carboxylic acids is 1. The molecule has 1 rings (SSSR count). The highest BCUT2D eigenvalue weighted by Crippen LogP contribution is 2.31. The first kappa shape index (κ1) is 13.5. The van der Waals surface area contributed by atoms with Gasteiger partial charge >= 0.3 is 6.36 Å². The molecule has 1 aromatic rings. The zero-order valence-electron chi connectivity index (χ0n) is 7.65. The van der Waals surface area contributed by atoms with Gasteiger partial charge in [-0.25, -0.2) is 0 Å². The molecular weight excluding hydrogens is 357 g/mol. The van der Waals surface area contributed by atoms with Crippen molar-refractivity contribution in [1.29, 1.82) is 0 Å². The second kappa shape index (κ2) is 5.18. The molecule has 0 aromatic heterocycles. The van der Waals surface area contributed by atoms with Crippen LogP contribution in [-0.4, -0.2) is 17.5 Å². The zero-order valence-corrected chi connectivity index (χ0v) is 10.8. The number of Topliss-reactive ketones (excluding diaryl/α,β-unsaturated/α-hetero) is 1. The first-order valence-electron chi connectivity index (χ1n) is 3.98. The molecule has 0 unspecified atom stereocenters. The van der Waals surface area contributed by atoms with Crippen molar-refractivity contribution < 1.29 is 22.7 Å². The number of ether oxygens (including phenoxy) is 1. The number of rotatable bonds is 3. The third-order valence-corrected chi connectivity index (χ3v) is 2.77. The van der Waals surface area contributed by atoms with Crippen molar-refractivity contribution in [1.82, 2.24) is 0 Å². The summed E-state index contributed by atoms with van der Waals surface area (Å²) in [6, 6.07) is 3.92. The summed E-state index contributed by atoms with van der Waals surface area (Å²) < 4.78 is 40.2. The molecule has 0 aliphatic heterocycles. The van der Waals surface area contributed by atoms with E-state index in [1.54, 1.807) is 0 Å². The smallest absolute Gasteiger partial charge is 0.405 e. The minimum absolute atomic E-state index is 0.0795. The molecule has 0 amide bonds. The molecule has 16 heavy (non-hydrogen) atoms. The monoisotopic (exact) mass is 360 g/mol. The van der Waals surface area contributed by atoms with Gasteiger partial charge < -0.3 is 4.74 Å². The van der Waals surface area contributed by atoms with E-state index in [9.17, 15) is 18.0 Å². The minimum Gasteiger partial charge on any atom is -0.405 e. The molecule has 1 aromatic carbocycles. The predicted octanol–water partition coefficient (Wildman–Crippen LogP) is 3.93. The van der Waals surface area contributed by atoms with Gasteiger partial charge in [0.15, 0.2) is 5.78 Å². The molecule has 0 aliphatic carbocycles. The molecule has 88 valence electrons. The van der Waals surface area contributed by atoms with Gasteiger partial charge in [-0.05, 0) is 28.1 Å². The third kappa shape index (κ3) is 3.48. The maximum atomic E-state index is 12.1. The van der Waals surface area contributed by atoms with E-state index in [1.807, 2.05) is 0 Å². The summed E-state index contributed by atoms with van der Waals surface area (Å²) >= 11 is 5.90. The molecule has 0 bridgehead atoms. The first-order chi connectivity index (χ1) is 7.35. The van der Waals surface area contributed by atoms with E-state index in [4.69, 9.17) is 0 Å². The van der Waals surface area contributed by atoms with Crippen molar-refractivity contribution in [2.45, 2.75) is 6.36 Å². The zero-order chi connectivity index (χ0) is 12.3. The number of halogens is 5. The van der Waals surface area contributed by atoms with E-state index in [0.717, 1.165) is 6.07 Å². The van der Waals surface area contributed by atoms with E-state index in [-0.39, 0.29) is 15.4 Å². The van der Waals surface area contributed by atoms with E-state index >= 15 is 0 Å². The van der Waals surface area contributed by atoms with Gasteiger partial charge in [0.2, 0.25) is 0 Å². The lowest BCUT2D eigenvalue weighted by Gasteiger charge is -2.13. The minimum atomic E-state index is -4.82. The second-order valence-electron chi connectivity index (χ2n) is 2.72. The predicted molar refractivity (Wildman–Crippen MR) is 58.9 cm³/mol. The van der Waals surface area contributed by atoms with Crippen LogP contribution in [0, 0.1) is 0 Å². The number of benzene rings is 1. The molecule has 0 N–H and O–H groups in total. The lowest BCUT2D eigenvalue weighted by atomic mass is 10.1. The standard InChI is InChI=1S/C9H5Br2F3O2/c10-4-6(15)8-5(11)2-1-3-7(8)16-9(12,13)14/h1-3H,4H2. The van der Waals surface area contributed by atoms with Gasteiger partial charge in [0.25, 0.3) is 0 Å². The van der Waals surface area contributed by atoms with Crippen LogP contribution in [0.4, 0.5) is 13.2 Å². The molecule has 0 aliphatic rings. The topological polar surface area (TPSA) is 26.3 Å². The van der Waals surface area contributed by atoms with Crippen LogP contribution in [0.2, 0.25) is 0 Å². The SMILES string of the molecule is O=C(CBr)c1c(Br)cccc1OC(F)(F)F. The molecule has 0 atom stereocenters. The van der Waals surface area contributed by atoms with Crippen LogP contribution >= 0.6 is 31.9 Å². The Morgan fingerprint density at radius 2 is 2.00 bits per heavy atom. The lowest BCUT2D eigenvalue weighted by molar-refractivity contribution is -0.274. The Kier molecular flexibility index (Phi) is 4.37. The van der Waals surface area contributed by atoms with Gasteiger partial charge in [0.05, 0.1) is 10.9 Å². The van der Waals surface area contributed by atoms with Gasteiger partial charge in [0.1, 0.15) is 5.75 Å². The maximum Gasteiger partial charge on any atom is 0.573 e. The first-order valence-corrected chi connectivity index (χ1v) is 5.90. The van der Waals surface area contributed by atoms with Crippen LogP contribution in [0.15, 0.2) is 22.7 Å². The normalized spacial score (nSPS) is 11.3. The van der Waals surface area contributed by atoms with Crippen LogP contribution in [0.1, 0.15) is 10.4 Å². The largest absolute Gasteiger partial charge is 0.573 e. The Morgan fingerprint density at radius 1 is 1.38 bits per heavy atom. The average molecular weight is 362 g/mol. The molecule has 0 fully saturated rings. The summed E-state index contributed by atoms with van der Waals surface area (Å²) in [6.07, 6.45) is -4.82. The van der Waals surface area contributed by atoms with Crippen molar-refractivity contribution in [3.8, 4) is 5.75 Å². The number of ketones is 1. The molecule has 0 radical (unpaired) electrons. The average Bonchev–Trinajstić information content (AvgIpc) is 2.14. The maximum absolute atomic E-state index is 12.1. The van der Waals surface area contributed by atoms with Crippen LogP contribution < -0.4 is 4.74 Å². The molecule has 0 spiro atoms. The number of hydrogen-bond donors (Lipinski definition) is 0. The Morgan fingerprint density at radius 3 is 2.50 bits per heavy atom. The highest BCUT2D eigenvalue weighted by Gasteiger charge is 2.33. The highest BCUT2D eigenvalue weighted by atomic mass is 79.9. The Balaban J connectivity index is 3.18. The van der Waals surface area contributed by atoms with Crippen molar-refractivity contribution in [2.75, 3.05) is 5.33 Å². The number of hydrogen-bond acceptors (Lipinski definition) is 2. The summed E-state index contributed by atoms with van der Waals surface area (Å²) in [5.41, 5.74) is -0.128. The second-order valence-corrected chi connectivity index (χ2v) is 4.13.